The Balaban J connectivity index is 1.56. The summed E-state index contributed by atoms with van der Waals surface area (Å²) in [4.78, 5) is 24.0. The first-order chi connectivity index (χ1) is 11.6. The van der Waals surface area contributed by atoms with E-state index in [9.17, 15) is 9.59 Å². The van der Waals surface area contributed by atoms with E-state index in [0.29, 0.717) is 30.2 Å². The first-order valence-electron chi connectivity index (χ1n) is 8.62. The topological polar surface area (TPSA) is 64.6 Å². The van der Waals surface area contributed by atoms with Crippen LogP contribution >= 0.6 is 0 Å². The largest absolute Gasteiger partial charge is 0.496 e. The monoisotopic (exact) mass is 331 g/mol. The second kappa shape index (κ2) is 7.24. The lowest BCUT2D eigenvalue weighted by atomic mass is 9.86. The van der Waals surface area contributed by atoms with Crippen molar-refractivity contribution in [3.8, 4) is 5.75 Å². The quantitative estimate of drug-likeness (QED) is 0.814. The molecular weight excluding hydrogens is 306 g/mol. The molecular formula is C19H25NO4. The molecule has 24 heavy (non-hydrogen) atoms. The van der Waals surface area contributed by atoms with Crippen molar-refractivity contribution < 1.29 is 19.1 Å². The Labute approximate surface area is 142 Å². The third kappa shape index (κ3) is 3.55. The molecule has 0 spiro atoms. The second-order valence-electron chi connectivity index (χ2n) is 6.94. The third-order valence-corrected chi connectivity index (χ3v) is 5.49. The lowest BCUT2D eigenvalue weighted by Crippen LogP contribution is -2.27. The van der Waals surface area contributed by atoms with Crippen LogP contribution in [0.4, 0.5) is 0 Å². The Morgan fingerprint density at radius 3 is 2.67 bits per heavy atom. The number of ether oxygens (including phenoxy) is 2. The lowest BCUT2D eigenvalue weighted by molar-refractivity contribution is -0.122. The van der Waals surface area contributed by atoms with Crippen LogP contribution in [0.5, 0.6) is 5.75 Å². The van der Waals surface area contributed by atoms with Crippen molar-refractivity contribution in [1.29, 1.82) is 0 Å². The average Bonchev–Trinajstić information content (AvgIpc) is 3.22. The van der Waals surface area contributed by atoms with Crippen LogP contribution < -0.4 is 10.1 Å². The highest BCUT2D eigenvalue weighted by atomic mass is 16.5. The molecule has 1 N–H and O–H groups in total. The number of hydrogen-bond donors (Lipinski definition) is 1. The zero-order valence-electron chi connectivity index (χ0n) is 14.3. The summed E-state index contributed by atoms with van der Waals surface area (Å²) >= 11 is 0. The molecule has 3 rings (SSSR count). The van der Waals surface area contributed by atoms with E-state index in [-0.39, 0.29) is 5.91 Å². The zero-order chi connectivity index (χ0) is 17.1. The van der Waals surface area contributed by atoms with Gasteiger partial charge in [0.25, 0.3) is 0 Å². The molecule has 5 nitrogen and oxygen atoms in total. The van der Waals surface area contributed by atoms with Gasteiger partial charge in [-0.05, 0) is 54.7 Å². The first-order valence-corrected chi connectivity index (χ1v) is 8.62. The molecule has 2 aliphatic carbocycles. The van der Waals surface area contributed by atoms with Crippen molar-refractivity contribution >= 4 is 11.9 Å². The molecule has 2 bridgehead atoms. The van der Waals surface area contributed by atoms with Gasteiger partial charge in [-0.3, -0.25) is 4.79 Å². The molecule has 2 saturated carbocycles. The lowest BCUT2D eigenvalue weighted by Gasteiger charge is -2.21. The Morgan fingerprint density at radius 2 is 2.04 bits per heavy atom. The van der Waals surface area contributed by atoms with Crippen LogP contribution in [0.2, 0.25) is 0 Å². The second-order valence-corrected chi connectivity index (χ2v) is 6.94. The van der Waals surface area contributed by atoms with Crippen LogP contribution in [-0.4, -0.2) is 26.1 Å². The van der Waals surface area contributed by atoms with Crippen molar-refractivity contribution in [2.75, 3.05) is 14.2 Å². The molecule has 2 fully saturated rings. The van der Waals surface area contributed by atoms with Gasteiger partial charge in [0.1, 0.15) is 11.3 Å². The number of rotatable bonds is 6. The number of benzene rings is 1. The van der Waals surface area contributed by atoms with Crippen LogP contribution in [0, 0.1) is 17.8 Å². The summed E-state index contributed by atoms with van der Waals surface area (Å²) in [6.45, 7) is 0.410. The van der Waals surface area contributed by atoms with Crippen molar-refractivity contribution in [2.24, 2.45) is 17.8 Å². The molecule has 3 unspecified atom stereocenters. The number of esters is 1. The number of hydrogen-bond acceptors (Lipinski definition) is 4. The molecule has 5 heteroatoms. The summed E-state index contributed by atoms with van der Waals surface area (Å²) in [5.41, 5.74) is 1.23. The normalized spacial score (nSPS) is 24.7. The molecule has 0 heterocycles. The van der Waals surface area contributed by atoms with E-state index in [1.54, 1.807) is 12.1 Å². The molecule has 2 aliphatic rings. The third-order valence-electron chi connectivity index (χ3n) is 5.49. The molecule has 0 aromatic heterocycles. The molecule has 0 radical (unpaired) electrons. The molecule has 3 atom stereocenters. The Bertz CT molecular complexity index is 628. The van der Waals surface area contributed by atoms with E-state index < -0.39 is 5.97 Å². The highest BCUT2D eigenvalue weighted by Crippen LogP contribution is 2.49. The van der Waals surface area contributed by atoms with Crippen LogP contribution in [0.3, 0.4) is 0 Å². The summed E-state index contributed by atoms with van der Waals surface area (Å²) in [6, 6.07) is 5.29. The van der Waals surface area contributed by atoms with E-state index in [0.717, 1.165) is 17.4 Å². The zero-order valence-corrected chi connectivity index (χ0v) is 14.3. The molecule has 0 aliphatic heterocycles. The maximum atomic E-state index is 12.2. The van der Waals surface area contributed by atoms with Gasteiger partial charge in [-0.15, -0.1) is 0 Å². The maximum Gasteiger partial charge on any atom is 0.341 e. The predicted octanol–water partition coefficient (Wildman–Crippen LogP) is 2.92. The Morgan fingerprint density at radius 1 is 1.21 bits per heavy atom. The summed E-state index contributed by atoms with van der Waals surface area (Å²) in [7, 11) is 2.85. The van der Waals surface area contributed by atoms with Gasteiger partial charge in [-0.2, -0.15) is 0 Å². The number of methoxy groups -OCH3 is 2. The van der Waals surface area contributed by atoms with Gasteiger partial charge in [0, 0.05) is 13.0 Å². The van der Waals surface area contributed by atoms with Gasteiger partial charge >= 0.3 is 5.97 Å². The smallest absolute Gasteiger partial charge is 0.341 e. The van der Waals surface area contributed by atoms with Gasteiger partial charge in [-0.25, -0.2) is 4.79 Å². The fourth-order valence-corrected chi connectivity index (χ4v) is 4.27. The fraction of sp³-hybridized carbons (Fsp3) is 0.579. The van der Waals surface area contributed by atoms with Crippen LogP contribution in [0.15, 0.2) is 18.2 Å². The summed E-state index contributed by atoms with van der Waals surface area (Å²) in [5.74, 6) is 2.30. The van der Waals surface area contributed by atoms with Gasteiger partial charge in [0.2, 0.25) is 5.91 Å². The first kappa shape index (κ1) is 16.8. The highest BCUT2D eigenvalue weighted by Gasteiger charge is 2.39. The summed E-state index contributed by atoms with van der Waals surface area (Å²) in [5, 5.41) is 2.98. The summed E-state index contributed by atoms with van der Waals surface area (Å²) < 4.78 is 9.95. The van der Waals surface area contributed by atoms with Gasteiger partial charge < -0.3 is 14.8 Å². The van der Waals surface area contributed by atoms with Gasteiger partial charge in [0.05, 0.1) is 14.2 Å². The summed E-state index contributed by atoms with van der Waals surface area (Å²) in [6.07, 6.45) is 5.81. The van der Waals surface area contributed by atoms with E-state index in [1.807, 2.05) is 6.07 Å². The van der Waals surface area contributed by atoms with E-state index in [4.69, 9.17) is 9.47 Å². The fourth-order valence-electron chi connectivity index (χ4n) is 4.27. The number of amides is 1. The Kier molecular flexibility index (Phi) is 5.07. The SMILES string of the molecule is COC(=O)c1cc(CNC(=O)CC2CC3CCC2C3)ccc1OC. The van der Waals surface area contributed by atoms with Crippen molar-refractivity contribution in [2.45, 2.75) is 38.6 Å². The Hall–Kier alpha value is -2.04. The average molecular weight is 331 g/mol. The van der Waals surface area contributed by atoms with Crippen LogP contribution in [-0.2, 0) is 16.1 Å². The highest BCUT2D eigenvalue weighted by molar-refractivity contribution is 5.92. The molecule has 130 valence electrons. The van der Waals surface area contributed by atoms with E-state index in [2.05, 4.69) is 5.32 Å². The standard InChI is InChI=1S/C19H25NO4/c1-23-17-6-4-13(9-16(17)19(22)24-2)11-20-18(21)10-15-8-12-3-5-14(15)7-12/h4,6,9,12,14-15H,3,5,7-8,10-11H2,1-2H3,(H,20,21). The van der Waals surface area contributed by atoms with E-state index >= 15 is 0 Å². The molecule has 0 saturated heterocycles. The van der Waals surface area contributed by atoms with Crippen molar-refractivity contribution in [1.82, 2.24) is 5.32 Å². The number of nitrogens with one attached hydrogen (secondary N) is 1. The predicted molar refractivity (Wildman–Crippen MR) is 89.7 cm³/mol. The minimum Gasteiger partial charge on any atom is -0.496 e. The number of carbonyl (C=O) groups excluding carboxylic acids is 2. The minimum atomic E-state index is -0.443. The molecule has 1 amide bonds. The van der Waals surface area contributed by atoms with Crippen molar-refractivity contribution in [3.63, 3.8) is 0 Å². The number of carbonyl (C=O) groups is 2. The van der Waals surface area contributed by atoms with Gasteiger partial charge in [-0.1, -0.05) is 12.5 Å². The maximum absolute atomic E-state index is 12.2. The van der Waals surface area contributed by atoms with Crippen LogP contribution in [0.25, 0.3) is 0 Å². The molecule has 1 aromatic carbocycles. The van der Waals surface area contributed by atoms with Crippen LogP contribution in [0.1, 0.15) is 48.0 Å². The van der Waals surface area contributed by atoms with Crippen molar-refractivity contribution in [3.05, 3.63) is 29.3 Å². The minimum absolute atomic E-state index is 0.1000. The van der Waals surface area contributed by atoms with E-state index in [1.165, 1.54) is 39.9 Å². The number of fused-ring (bicyclic) bond motifs is 2. The van der Waals surface area contributed by atoms with Gasteiger partial charge in [0.15, 0.2) is 0 Å². The molecule has 1 aromatic rings.